The van der Waals surface area contributed by atoms with E-state index < -0.39 is 0 Å². The lowest BCUT2D eigenvalue weighted by atomic mass is 10.2. The van der Waals surface area contributed by atoms with Gasteiger partial charge in [0, 0.05) is 26.3 Å². The molecule has 5 nitrogen and oxygen atoms in total. The molecule has 0 atom stereocenters. The van der Waals surface area contributed by atoms with Gasteiger partial charge < -0.3 is 20.1 Å². The number of ether oxygens (including phenoxy) is 2. The maximum Gasteiger partial charge on any atom is 0.221 e. The van der Waals surface area contributed by atoms with Crippen molar-refractivity contribution in [1.82, 2.24) is 0 Å². The van der Waals surface area contributed by atoms with E-state index in [0.29, 0.717) is 25.5 Å². The predicted octanol–water partition coefficient (Wildman–Crippen LogP) is 2.27. The summed E-state index contributed by atoms with van der Waals surface area (Å²) in [4.78, 5) is 11.0. The van der Waals surface area contributed by atoms with Crippen LogP contribution in [0.1, 0.15) is 6.92 Å². The molecule has 1 amide bonds. The minimum absolute atomic E-state index is 0.109. The minimum atomic E-state index is -0.109. The lowest BCUT2D eigenvalue weighted by molar-refractivity contribution is -0.114. The predicted molar refractivity (Wildman–Crippen MR) is 76.8 cm³/mol. The molecule has 5 heteroatoms. The number of hydrogen-bond donors (Lipinski definition) is 2. The normalized spacial score (nSPS) is 9.79. The van der Waals surface area contributed by atoms with Crippen LogP contribution in [0.2, 0.25) is 0 Å². The van der Waals surface area contributed by atoms with Gasteiger partial charge in [-0.2, -0.15) is 0 Å². The van der Waals surface area contributed by atoms with E-state index in [0.717, 1.165) is 11.4 Å². The van der Waals surface area contributed by atoms with Crippen LogP contribution in [-0.4, -0.2) is 32.8 Å². The maximum atomic E-state index is 11.0. The molecule has 1 rings (SSSR count). The van der Waals surface area contributed by atoms with Gasteiger partial charge in [0.1, 0.15) is 12.4 Å². The molecule has 0 heterocycles. The Bertz CT molecular complexity index is 433. The molecule has 0 aromatic heterocycles. The second-order valence-corrected chi connectivity index (χ2v) is 3.90. The van der Waals surface area contributed by atoms with Crippen molar-refractivity contribution in [2.24, 2.45) is 0 Å². The van der Waals surface area contributed by atoms with E-state index in [2.05, 4.69) is 17.2 Å². The average molecular weight is 264 g/mol. The highest BCUT2D eigenvalue weighted by Gasteiger charge is 2.05. The fraction of sp³-hybridized carbons (Fsp3) is 0.357. The van der Waals surface area contributed by atoms with E-state index in [1.807, 2.05) is 12.1 Å². The number of carbonyl (C=O) groups is 1. The van der Waals surface area contributed by atoms with Crippen LogP contribution in [0.4, 0.5) is 11.4 Å². The van der Waals surface area contributed by atoms with Gasteiger partial charge in [-0.3, -0.25) is 4.79 Å². The highest BCUT2D eigenvalue weighted by Crippen LogP contribution is 2.28. The van der Waals surface area contributed by atoms with Crippen LogP contribution in [0.3, 0.4) is 0 Å². The zero-order valence-corrected chi connectivity index (χ0v) is 11.4. The summed E-state index contributed by atoms with van der Waals surface area (Å²) >= 11 is 0. The third kappa shape index (κ3) is 5.44. The Labute approximate surface area is 113 Å². The first-order valence-electron chi connectivity index (χ1n) is 6.05. The van der Waals surface area contributed by atoms with Crippen molar-refractivity contribution >= 4 is 17.3 Å². The quantitative estimate of drug-likeness (QED) is 0.558. The van der Waals surface area contributed by atoms with Gasteiger partial charge in [-0.25, -0.2) is 0 Å². The molecule has 0 spiro atoms. The van der Waals surface area contributed by atoms with Crippen LogP contribution >= 0.6 is 0 Å². The molecular formula is C14H20N2O3. The SMILES string of the molecule is C=CCNc1cc(NC(C)=O)ccc1OCCOC. The molecule has 0 fully saturated rings. The van der Waals surface area contributed by atoms with E-state index in [9.17, 15) is 4.79 Å². The lowest BCUT2D eigenvalue weighted by Crippen LogP contribution is -2.09. The Balaban J connectivity index is 2.81. The summed E-state index contributed by atoms with van der Waals surface area (Å²) in [6.07, 6.45) is 1.75. The smallest absolute Gasteiger partial charge is 0.221 e. The Morgan fingerprint density at radius 2 is 2.21 bits per heavy atom. The first-order valence-corrected chi connectivity index (χ1v) is 6.05. The molecule has 2 N–H and O–H groups in total. The number of amides is 1. The number of carbonyl (C=O) groups excluding carboxylic acids is 1. The molecule has 0 radical (unpaired) electrons. The number of benzene rings is 1. The number of rotatable bonds is 8. The zero-order chi connectivity index (χ0) is 14.1. The number of hydrogen-bond acceptors (Lipinski definition) is 4. The molecule has 104 valence electrons. The molecule has 1 aromatic carbocycles. The summed E-state index contributed by atoms with van der Waals surface area (Å²) in [5.41, 5.74) is 1.53. The van der Waals surface area contributed by atoms with Gasteiger partial charge in [0.15, 0.2) is 0 Å². The van der Waals surface area contributed by atoms with Gasteiger partial charge in [-0.1, -0.05) is 6.08 Å². The molecular weight excluding hydrogens is 244 g/mol. The summed E-state index contributed by atoms with van der Waals surface area (Å²) in [7, 11) is 1.63. The Hall–Kier alpha value is -2.01. The van der Waals surface area contributed by atoms with Crippen LogP contribution in [0.5, 0.6) is 5.75 Å². The molecule has 0 aliphatic carbocycles. The van der Waals surface area contributed by atoms with E-state index in [-0.39, 0.29) is 5.91 Å². The standard InChI is InChI=1S/C14H20N2O3/c1-4-7-15-13-10-12(16-11(2)17)5-6-14(13)19-9-8-18-3/h4-6,10,15H,1,7-9H2,2-3H3,(H,16,17). The van der Waals surface area contributed by atoms with Crippen molar-refractivity contribution in [2.75, 3.05) is 37.5 Å². The summed E-state index contributed by atoms with van der Waals surface area (Å²) < 4.78 is 10.5. The third-order valence-corrected chi connectivity index (χ3v) is 2.28. The number of nitrogens with one attached hydrogen (secondary N) is 2. The molecule has 0 unspecified atom stereocenters. The first kappa shape index (κ1) is 15.0. The molecule has 0 aliphatic heterocycles. The van der Waals surface area contributed by atoms with Crippen LogP contribution in [-0.2, 0) is 9.53 Å². The zero-order valence-electron chi connectivity index (χ0n) is 11.4. The van der Waals surface area contributed by atoms with Gasteiger partial charge in [0.05, 0.1) is 12.3 Å². The van der Waals surface area contributed by atoms with Crippen molar-refractivity contribution in [3.8, 4) is 5.75 Å². The van der Waals surface area contributed by atoms with Crippen molar-refractivity contribution < 1.29 is 14.3 Å². The van der Waals surface area contributed by atoms with Crippen LogP contribution in [0.25, 0.3) is 0 Å². The fourth-order valence-corrected chi connectivity index (χ4v) is 1.49. The van der Waals surface area contributed by atoms with Crippen LogP contribution in [0, 0.1) is 0 Å². The van der Waals surface area contributed by atoms with Gasteiger partial charge in [-0.15, -0.1) is 6.58 Å². The van der Waals surface area contributed by atoms with E-state index >= 15 is 0 Å². The largest absolute Gasteiger partial charge is 0.489 e. The average Bonchev–Trinajstić information content (AvgIpc) is 2.38. The Kier molecular flexibility index (Phi) is 6.46. The van der Waals surface area contributed by atoms with E-state index in [1.165, 1.54) is 6.92 Å². The first-order chi connectivity index (χ1) is 9.17. The highest BCUT2D eigenvalue weighted by atomic mass is 16.5. The van der Waals surface area contributed by atoms with Gasteiger partial charge in [0.2, 0.25) is 5.91 Å². The molecule has 0 bridgehead atoms. The summed E-state index contributed by atoms with van der Waals surface area (Å²) in [6.45, 7) is 6.74. The second kappa shape index (κ2) is 8.16. The summed E-state index contributed by atoms with van der Waals surface area (Å²) in [5.74, 6) is 0.607. The van der Waals surface area contributed by atoms with Crippen molar-refractivity contribution in [1.29, 1.82) is 0 Å². The van der Waals surface area contributed by atoms with E-state index in [1.54, 1.807) is 19.3 Å². The molecule has 0 saturated heterocycles. The number of anilines is 2. The monoisotopic (exact) mass is 264 g/mol. The molecule has 1 aromatic rings. The fourth-order valence-electron chi connectivity index (χ4n) is 1.49. The van der Waals surface area contributed by atoms with Gasteiger partial charge in [0.25, 0.3) is 0 Å². The topological polar surface area (TPSA) is 59.6 Å². The van der Waals surface area contributed by atoms with Gasteiger partial charge >= 0.3 is 0 Å². The maximum absolute atomic E-state index is 11.0. The number of methoxy groups -OCH3 is 1. The minimum Gasteiger partial charge on any atom is -0.489 e. The van der Waals surface area contributed by atoms with Crippen molar-refractivity contribution in [2.45, 2.75) is 6.92 Å². The molecule has 0 aliphatic rings. The molecule has 19 heavy (non-hydrogen) atoms. The molecule has 0 saturated carbocycles. The Morgan fingerprint density at radius 3 is 2.84 bits per heavy atom. The highest BCUT2D eigenvalue weighted by molar-refractivity contribution is 5.89. The van der Waals surface area contributed by atoms with Gasteiger partial charge in [-0.05, 0) is 18.2 Å². The summed E-state index contributed by atoms with van der Waals surface area (Å²) in [5, 5.41) is 5.90. The van der Waals surface area contributed by atoms with E-state index in [4.69, 9.17) is 9.47 Å². The van der Waals surface area contributed by atoms with Crippen molar-refractivity contribution in [3.63, 3.8) is 0 Å². The van der Waals surface area contributed by atoms with Crippen molar-refractivity contribution in [3.05, 3.63) is 30.9 Å². The lowest BCUT2D eigenvalue weighted by Gasteiger charge is -2.14. The second-order valence-electron chi connectivity index (χ2n) is 3.90. The third-order valence-electron chi connectivity index (χ3n) is 2.28. The Morgan fingerprint density at radius 1 is 1.42 bits per heavy atom. The van der Waals surface area contributed by atoms with Crippen LogP contribution in [0.15, 0.2) is 30.9 Å². The summed E-state index contributed by atoms with van der Waals surface area (Å²) in [6, 6.07) is 5.43. The van der Waals surface area contributed by atoms with Crippen LogP contribution < -0.4 is 15.4 Å².